The van der Waals surface area contributed by atoms with Crippen LogP contribution in [0.1, 0.15) is 12.1 Å². The molecule has 0 spiro atoms. The Labute approximate surface area is 117 Å². The number of para-hydroxylation sites is 2. The van der Waals surface area contributed by atoms with Gasteiger partial charge in [-0.05, 0) is 18.2 Å². The molecule has 0 radical (unpaired) electrons. The molecule has 0 saturated heterocycles. The van der Waals surface area contributed by atoms with Crippen molar-refractivity contribution in [3.8, 4) is 6.07 Å². The highest BCUT2D eigenvalue weighted by Gasteiger charge is 2.04. The van der Waals surface area contributed by atoms with Crippen LogP contribution in [0.15, 0.2) is 36.5 Å². The number of nitriles is 1. The summed E-state index contributed by atoms with van der Waals surface area (Å²) >= 11 is 0. The van der Waals surface area contributed by atoms with E-state index < -0.39 is 0 Å². The third-order valence-corrected chi connectivity index (χ3v) is 2.80. The van der Waals surface area contributed by atoms with E-state index in [1.807, 2.05) is 30.3 Å². The number of carbonyl (C=O) groups is 1. The lowest BCUT2D eigenvalue weighted by Gasteiger charge is -2.12. The van der Waals surface area contributed by atoms with E-state index in [1.54, 1.807) is 19.3 Å². The lowest BCUT2D eigenvalue weighted by atomic mass is 10.3. The van der Waals surface area contributed by atoms with Crippen LogP contribution >= 0.6 is 0 Å². The molecular weight excluding hydrogens is 252 g/mol. The predicted molar refractivity (Wildman–Crippen MR) is 76.4 cm³/mol. The van der Waals surface area contributed by atoms with Crippen molar-refractivity contribution in [2.45, 2.75) is 6.42 Å². The Bertz CT molecular complexity index is 688. The average molecular weight is 266 g/mol. The van der Waals surface area contributed by atoms with Crippen molar-refractivity contribution in [3.63, 3.8) is 0 Å². The Kier molecular flexibility index (Phi) is 4.40. The maximum absolute atomic E-state index is 11.8. The highest BCUT2D eigenvalue weighted by Crippen LogP contribution is 2.09. The van der Waals surface area contributed by atoms with E-state index in [9.17, 15) is 4.79 Å². The molecule has 1 heterocycles. The number of nitrogens with zero attached hydrogens (tertiary/aromatic N) is 4. The van der Waals surface area contributed by atoms with Crippen LogP contribution in [0.3, 0.4) is 0 Å². The van der Waals surface area contributed by atoms with Crippen LogP contribution in [-0.4, -0.2) is 34.4 Å². The number of carbonyl (C=O) groups excluding carboxylic acids is 1. The second-order valence-corrected chi connectivity index (χ2v) is 4.28. The summed E-state index contributed by atoms with van der Waals surface area (Å²) in [6, 6.07) is 9.57. The van der Waals surface area contributed by atoms with Gasteiger partial charge in [-0.15, -0.1) is 0 Å². The van der Waals surface area contributed by atoms with Crippen molar-refractivity contribution in [3.05, 3.63) is 42.2 Å². The van der Waals surface area contributed by atoms with E-state index >= 15 is 0 Å². The molecular formula is C15H14N4O. The molecule has 1 aromatic heterocycles. The zero-order chi connectivity index (χ0) is 14.4. The fourth-order valence-corrected chi connectivity index (χ4v) is 1.66. The van der Waals surface area contributed by atoms with Gasteiger partial charge in [0, 0.05) is 19.7 Å². The van der Waals surface area contributed by atoms with Crippen LogP contribution in [0.4, 0.5) is 0 Å². The van der Waals surface area contributed by atoms with E-state index in [0.29, 0.717) is 18.7 Å². The van der Waals surface area contributed by atoms with E-state index in [4.69, 9.17) is 5.26 Å². The molecule has 0 saturated carbocycles. The van der Waals surface area contributed by atoms with Gasteiger partial charge in [-0.1, -0.05) is 12.1 Å². The van der Waals surface area contributed by atoms with Gasteiger partial charge in [0.25, 0.3) is 0 Å². The van der Waals surface area contributed by atoms with Crippen LogP contribution in [-0.2, 0) is 4.79 Å². The predicted octanol–water partition coefficient (Wildman–Crippen LogP) is 2.02. The van der Waals surface area contributed by atoms with Crippen LogP contribution in [0.25, 0.3) is 17.1 Å². The summed E-state index contributed by atoms with van der Waals surface area (Å²) in [6.07, 6.45) is 5.02. The summed E-state index contributed by atoms with van der Waals surface area (Å²) in [5.41, 5.74) is 2.24. The lowest BCUT2D eigenvalue weighted by molar-refractivity contribution is -0.124. The van der Waals surface area contributed by atoms with E-state index in [-0.39, 0.29) is 5.91 Å². The molecule has 2 aromatic rings. The zero-order valence-corrected chi connectivity index (χ0v) is 11.2. The van der Waals surface area contributed by atoms with Crippen LogP contribution in [0, 0.1) is 11.3 Å². The molecule has 5 heteroatoms. The van der Waals surface area contributed by atoms with Gasteiger partial charge in [0.2, 0.25) is 5.91 Å². The monoisotopic (exact) mass is 266 g/mol. The largest absolute Gasteiger partial charge is 0.341 e. The fourth-order valence-electron chi connectivity index (χ4n) is 1.66. The smallest absolute Gasteiger partial charge is 0.246 e. The summed E-state index contributed by atoms with van der Waals surface area (Å²) in [5, 5.41) is 8.48. The molecule has 0 aliphatic rings. The van der Waals surface area contributed by atoms with E-state index in [1.165, 1.54) is 11.0 Å². The second kappa shape index (κ2) is 6.43. The standard InChI is InChI=1S/C15H14N4O/c1-19(10-4-9-16)15(20)8-7-12-11-17-13-5-2-3-6-14(13)18-12/h2-3,5-8,11H,4,10H2,1H3/b8-7+. The Morgan fingerprint density at radius 2 is 2.15 bits per heavy atom. The zero-order valence-electron chi connectivity index (χ0n) is 11.2. The summed E-state index contributed by atoms with van der Waals surface area (Å²) in [6.45, 7) is 0.420. The lowest BCUT2D eigenvalue weighted by Crippen LogP contribution is -2.25. The number of amides is 1. The molecule has 0 aliphatic carbocycles. The highest BCUT2D eigenvalue weighted by molar-refractivity contribution is 5.91. The molecule has 0 N–H and O–H groups in total. The van der Waals surface area contributed by atoms with Gasteiger partial charge in [-0.2, -0.15) is 5.26 Å². The molecule has 100 valence electrons. The molecule has 0 fully saturated rings. The van der Waals surface area contributed by atoms with Gasteiger partial charge in [-0.25, -0.2) is 4.98 Å². The number of rotatable bonds is 4. The quantitative estimate of drug-likeness (QED) is 0.794. The average Bonchev–Trinajstić information content (AvgIpc) is 2.50. The van der Waals surface area contributed by atoms with E-state index in [0.717, 1.165) is 11.0 Å². The molecule has 1 aromatic carbocycles. The van der Waals surface area contributed by atoms with Gasteiger partial charge in [0.15, 0.2) is 0 Å². The third-order valence-electron chi connectivity index (χ3n) is 2.80. The molecule has 0 aliphatic heterocycles. The maximum atomic E-state index is 11.8. The first kappa shape index (κ1) is 13.7. The minimum atomic E-state index is -0.157. The van der Waals surface area contributed by atoms with Crippen molar-refractivity contribution in [2.75, 3.05) is 13.6 Å². The number of likely N-dealkylation sites (N-methyl/N-ethyl adjacent to an activating group) is 1. The first-order valence-electron chi connectivity index (χ1n) is 6.22. The van der Waals surface area contributed by atoms with Gasteiger partial charge >= 0.3 is 0 Å². The van der Waals surface area contributed by atoms with Crippen molar-refractivity contribution in [2.24, 2.45) is 0 Å². The Hall–Kier alpha value is -2.74. The number of benzene rings is 1. The van der Waals surface area contributed by atoms with Crippen molar-refractivity contribution < 1.29 is 4.79 Å². The molecule has 5 nitrogen and oxygen atoms in total. The third kappa shape index (κ3) is 3.39. The minimum Gasteiger partial charge on any atom is -0.341 e. The summed E-state index contributed by atoms with van der Waals surface area (Å²) in [7, 11) is 1.66. The second-order valence-electron chi connectivity index (χ2n) is 4.28. The molecule has 0 unspecified atom stereocenters. The number of hydrogen-bond acceptors (Lipinski definition) is 4. The maximum Gasteiger partial charge on any atom is 0.246 e. The van der Waals surface area contributed by atoms with E-state index in [2.05, 4.69) is 9.97 Å². The number of aromatic nitrogens is 2. The Morgan fingerprint density at radius 3 is 2.90 bits per heavy atom. The molecule has 0 atom stereocenters. The molecule has 20 heavy (non-hydrogen) atoms. The Balaban J connectivity index is 2.09. The minimum absolute atomic E-state index is 0.157. The van der Waals surface area contributed by atoms with Gasteiger partial charge in [0.05, 0.1) is 35.4 Å². The SMILES string of the molecule is CN(CCC#N)C(=O)/C=C/c1cnc2ccccc2n1. The number of fused-ring (bicyclic) bond motifs is 1. The summed E-state index contributed by atoms with van der Waals surface area (Å²) in [5.74, 6) is -0.157. The first-order chi connectivity index (χ1) is 9.70. The van der Waals surface area contributed by atoms with Gasteiger partial charge in [0.1, 0.15) is 0 Å². The summed E-state index contributed by atoms with van der Waals surface area (Å²) < 4.78 is 0. The summed E-state index contributed by atoms with van der Waals surface area (Å²) in [4.78, 5) is 21.9. The van der Waals surface area contributed by atoms with Crippen molar-refractivity contribution in [1.82, 2.24) is 14.9 Å². The van der Waals surface area contributed by atoms with Crippen molar-refractivity contribution >= 4 is 23.0 Å². The molecule has 1 amide bonds. The first-order valence-corrected chi connectivity index (χ1v) is 6.22. The topological polar surface area (TPSA) is 69.9 Å². The van der Waals surface area contributed by atoms with Gasteiger partial charge in [-0.3, -0.25) is 9.78 Å². The van der Waals surface area contributed by atoms with Gasteiger partial charge < -0.3 is 4.90 Å². The highest BCUT2D eigenvalue weighted by atomic mass is 16.2. The normalized spacial score (nSPS) is 10.6. The van der Waals surface area contributed by atoms with Crippen LogP contribution < -0.4 is 0 Å². The van der Waals surface area contributed by atoms with Crippen LogP contribution in [0.5, 0.6) is 0 Å². The fraction of sp³-hybridized carbons (Fsp3) is 0.200. The molecule has 2 rings (SSSR count). The number of hydrogen-bond donors (Lipinski definition) is 0. The van der Waals surface area contributed by atoms with Crippen LogP contribution in [0.2, 0.25) is 0 Å². The molecule has 0 bridgehead atoms. The van der Waals surface area contributed by atoms with Crippen molar-refractivity contribution in [1.29, 1.82) is 5.26 Å². The Morgan fingerprint density at radius 1 is 1.40 bits per heavy atom.